The van der Waals surface area contributed by atoms with Crippen LogP contribution >= 0.6 is 0 Å². The van der Waals surface area contributed by atoms with Gasteiger partial charge in [-0.05, 0) is 47.2 Å². The molecule has 8 heteroatoms. The number of carbonyl (C=O) groups is 1. The van der Waals surface area contributed by atoms with Gasteiger partial charge in [-0.2, -0.15) is 0 Å². The Balaban J connectivity index is 1.64. The summed E-state index contributed by atoms with van der Waals surface area (Å²) in [4.78, 5) is 15.6. The Kier molecular flexibility index (Phi) is 5.91. The summed E-state index contributed by atoms with van der Waals surface area (Å²) in [5, 5.41) is 12.3. The maximum atomic E-state index is 13.6. The van der Waals surface area contributed by atoms with Crippen molar-refractivity contribution in [2.75, 3.05) is 26.9 Å². The van der Waals surface area contributed by atoms with Crippen molar-refractivity contribution in [1.29, 1.82) is 0 Å². The molecular formula is C21H29N5O3. The highest BCUT2D eigenvalue weighted by Gasteiger charge is 2.53. The lowest BCUT2D eigenvalue weighted by Gasteiger charge is -2.31. The zero-order valence-electron chi connectivity index (χ0n) is 17.2. The van der Waals surface area contributed by atoms with Gasteiger partial charge in [-0.1, -0.05) is 31.2 Å². The number of amides is 1. The molecule has 1 aromatic heterocycles. The summed E-state index contributed by atoms with van der Waals surface area (Å²) in [5.41, 5.74) is 2.05. The lowest BCUT2D eigenvalue weighted by molar-refractivity contribution is -0.141. The standard InChI is InChI=1S/C21H29N5O3/c1-3-16-4-6-17(7-5-16)15-25-18(19-22-23-24-26(19)10-13-28-2)14-21(20(25)27)8-11-29-12-9-21/h4-7,18H,3,8-15H2,1-2H3. The van der Waals surface area contributed by atoms with Crippen molar-refractivity contribution >= 4 is 5.91 Å². The summed E-state index contributed by atoms with van der Waals surface area (Å²) in [6.07, 6.45) is 3.25. The van der Waals surface area contributed by atoms with Gasteiger partial charge >= 0.3 is 0 Å². The van der Waals surface area contributed by atoms with Crippen LogP contribution in [0.4, 0.5) is 0 Å². The molecule has 1 aromatic carbocycles. The summed E-state index contributed by atoms with van der Waals surface area (Å²) in [6, 6.07) is 8.37. The normalized spacial score (nSPS) is 21.2. The fourth-order valence-electron chi connectivity index (χ4n) is 4.47. The monoisotopic (exact) mass is 399 g/mol. The molecule has 0 saturated carbocycles. The highest BCUT2D eigenvalue weighted by atomic mass is 16.5. The van der Waals surface area contributed by atoms with E-state index in [2.05, 4.69) is 46.7 Å². The second-order valence-corrected chi connectivity index (χ2v) is 7.97. The topological polar surface area (TPSA) is 82.4 Å². The number of likely N-dealkylation sites (tertiary alicyclic amines) is 1. The number of benzene rings is 1. The molecule has 0 aliphatic carbocycles. The zero-order chi connectivity index (χ0) is 20.3. The van der Waals surface area contributed by atoms with Gasteiger partial charge in [0.1, 0.15) is 0 Å². The molecule has 2 aromatic rings. The number of rotatable bonds is 7. The zero-order valence-corrected chi connectivity index (χ0v) is 17.2. The van der Waals surface area contributed by atoms with Crippen LogP contribution in [-0.4, -0.2) is 57.9 Å². The van der Waals surface area contributed by atoms with Crippen LogP contribution in [0.3, 0.4) is 0 Å². The van der Waals surface area contributed by atoms with Gasteiger partial charge in [0.05, 0.1) is 24.6 Å². The van der Waals surface area contributed by atoms with Gasteiger partial charge in [-0.25, -0.2) is 4.68 Å². The second kappa shape index (κ2) is 8.59. The number of methoxy groups -OCH3 is 1. The van der Waals surface area contributed by atoms with Crippen molar-refractivity contribution in [3.8, 4) is 0 Å². The van der Waals surface area contributed by atoms with E-state index in [9.17, 15) is 4.79 Å². The minimum Gasteiger partial charge on any atom is -0.383 e. The first-order chi connectivity index (χ1) is 14.2. The fourth-order valence-corrected chi connectivity index (χ4v) is 4.47. The minimum absolute atomic E-state index is 0.140. The molecule has 1 unspecified atom stereocenters. The molecular weight excluding hydrogens is 370 g/mol. The molecule has 1 atom stereocenters. The number of aromatic nitrogens is 4. The molecule has 3 heterocycles. The lowest BCUT2D eigenvalue weighted by atomic mass is 9.77. The number of ether oxygens (including phenoxy) is 2. The smallest absolute Gasteiger partial charge is 0.229 e. The van der Waals surface area contributed by atoms with Crippen molar-refractivity contribution < 1.29 is 14.3 Å². The van der Waals surface area contributed by atoms with Crippen molar-refractivity contribution in [2.24, 2.45) is 5.41 Å². The van der Waals surface area contributed by atoms with Crippen LogP contribution in [0, 0.1) is 5.41 Å². The summed E-state index contributed by atoms with van der Waals surface area (Å²) < 4.78 is 12.5. The molecule has 2 aliphatic rings. The van der Waals surface area contributed by atoms with E-state index in [1.165, 1.54) is 5.56 Å². The van der Waals surface area contributed by atoms with Gasteiger partial charge in [0, 0.05) is 26.9 Å². The van der Waals surface area contributed by atoms with E-state index in [1.54, 1.807) is 11.8 Å². The fraction of sp³-hybridized carbons (Fsp3) is 0.619. The molecule has 2 saturated heterocycles. The van der Waals surface area contributed by atoms with Crippen LogP contribution in [0.25, 0.3) is 0 Å². The molecule has 1 spiro atoms. The molecule has 2 aliphatic heterocycles. The molecule has 0 radical (unpaired) electrons. The van der Waals surface area contributed by atoms with E-state index in [-0.39, 0.29) is 17.4 Å². The van der Waals surface area contributed by atoms with Gasteiger partial charge in [0.2, 0.25) is 5.91 Å². The van der Waals surface area contributed by atoms with E-state index in [0.717, 1.165) is 37.1 Å². The Morgan fingerprint density at radius 2 is 1.93 bits per heavy atom. The average Bonchev–Trinajstić information content (AvgIpc) is 3.32. The number of carbonyl (C=O) groups excluding carboxylic acids is 1. The molecule has 8 nitrogen and oxygen atoms in total. The molecule has 156 valence electrons. The molecule has 0 N–H and O–H groups in total. The number of hydrogen-bond acceptors (Lipinski definition) is 6. The predicted octanol–water partition coefficient (Wildman–Crippen LogP) is 2.15. The Morgan fingerprint density at radius 3 is 2.62 bits per heavy atom. The Bertz CT molecular complexity index is 829. The summed E-state index contributed by atoms with van der Waals surface area (Å²) in [7, 11) is 1.66. The predicted molar refractivity (Wildman–Crippen MR) is 106 cm³/mol. The van der Waals surface area contributed by atoms with E-state index < -0.39 is 0 Å². The third-order valence-electron chi connectivity index (χ3n) is 6.27. The SMILES string of the molecule is CCc1ccc(CN2C(=O)C3(CCOCC3)CC2c2nnnn2CCOC)cc1. The minimum atomic E-state index is -0.371. The van der Waals surface area contributed by atoms with Gasteiger partial charge in [0.25, 0.3) is 0 Å². The summed E-state index contributed by atoms with van der Waals surface area (Å²) >= 11 is 0. The van der Waals surface area contributed by atoms with Crippen LogP contribution in [0.1, 0.15) is 49.2 Å². The van der Waals surface area contributed by atoms with E-state index in [1.807, 2.05) is 4.90 Å². The first kappa shape index (κ1) is 20.0. The Hall–Kier alpha value is -2.32. The van der Waals surface area contributed by atoms with Crippen molar-refractivity contribution in [3.05, 3.63) is 41.2 Å². The maximum absolute atomic E-state index is 13.6. The third-order valence-corrected chi connectivity index (χ3v) is 6.27. The molecule has 0 bridgehead atoms. The highest BCUT2D eigenvalue weighted by molar-refractivity contribution is 5.85. The molecule has 4 rings (SSSR count). The van der Waals surface area contributed by atoms with E-state index in [4.69, 9.17) is 9.47 Å². The van der Waals surface area contributed by atoms with Crippen molar-refractivity contribution in [2.45, 2.75) is 51.7 Å². The third kappa shape index (κ3) is 3.91. The van der Waals surface area contributed by atoms with Crippen molar-refractivity contribution in [1.82, 2.24) is 25.1 Å². The lowest BCUT2D eigenvalue weighted by Crippen LogP contribution is -2.38. The quantitative estimate of drug-likeness (QED) is 0.710. The number of tetrazole rings is 1. The maximum Gasteiger partial charge on any atom is 0.229 e. The van der Waals surface area contributed by atoms with Gasteiger partial charge in [-0.3, -0.25) is 4.79 Å². The highest BCUT2D eigenvalue weighted by Crippen LogP contribution is 2.49. The number of nitrogens with zero attached hydrogens (tertiary/aromatic N) is 5. The van der Waals surface area contributed by atoms with Crippen LogP contribution in [0.2, 0.25) is 0 Å². The van der Waals surface area contributed by atoms with Crippen LogP contribution in [-0.2, 0) is 33.8 Å². The second-order valence-electron chi connectivity index (χ2n) is 7.97. The van der Waals surface area contributed by atoms with Crippen LogP contribution in [0.15, 0.2) is 24.3 Å². The summed E-state index contributed by atoms with van der Waals surface area (Å²) in [6.45, 7) is 5.06. The first-order valence-corrected chi connectivity index (χ1v) is 10.4. The summed E-state index contributed by atoms with van der Waals surface area (Å²) in [5.74, 6) is 0.940. The van der Waals surface area contributed by atoms with E-state index in [0.29, 0.717) is 32.9 Å². The van der Waals surface area contributed by atoms with Gasteiger partial charge in [0.15, 0.2) is 5.82 Å². The van der Waals surface area contributed by atoms with Gasteiger partial charge in [-0.15, -0.1) is 5.10 Å². The number of aryl methyl sites for hydroxylation is 1. The largest absolute Gasteiger partial charge is 0.383 e. The van der Waals surface area contributed by atoms with Crippen molar-refractivity contribution in [3.63, 3.8) is 0 Å². The molecule has 2 fully saturated rings. The van der Waals surface area contributed by atoms with Crippen LogP contribution < -0.4 is 0 Å². The molecule has 29 heavy (non-hydrogen) atoms. The first-order valence-electron chi connectivity index (χ1n) is 10.4. The number of hydrogen-bond donors (Lipinski definition) is 0. The Labute approximate surface area is 171 Å². The van der Waals surface area contributed by atoms with E-state index >= 15 is 0 Å². The molecule has 1 amide bonds. The van der Waals surface area contributed by atoms with Gasteiger partial charge < -0.3 is 14.4 Å². The van der Waals surface area contributed by atoms with Crippen LogP contribution in [0.5, 0.6) is 0 Å². The Morgan fingerprint density at radius 1 is 1.21 bits per heavy atom. The average molecular weight is 399 g/mol.